The van der Waals surface area contributed by atoms with E-state index in [-0.39, 0.29) is 0 Å². The summed E-state index contributed by atoms with van der Waals surface area (Å²) < 4.78 is 0.558. The lowest BCUT2D eigenvalue weighted by Gasteiger charge is -2.21. The summed E-state index contributed by atoms with van der Waals surface area (Å²) in [6.45, 7) is 3.41. The largest absolute Gasteiger partial charge is 0.309 e. The monoisotopic (exact) mass is 235 g/mol. The standard InChI is InChI=1S/C14H21NS/c1-3-13(12-7-5-4-6-8-12)15-11-14(16-2)9-10-14/h4-8,13,15H,3,9-11H2,1-2H3. The summed E-state index contributed by atoms with van der Waals surface area (Å²) in [4.78, 5) is 0. The molecule has 0 amide bonds. The number of thioether (sulfide) groups is 1. The Balaban J connectivity index is 1.91. The van der Waals surface area contributed by atoms with Crippen molar-refractivity contribution in [1.29, 1.82) is 0 Å². The van der Waals surface area contributed by atoms with Crippen LogP contribution < -0.4 is 5.32 Å². The average molecular weight is 235 g/mol. The minimum atomic E-state index is 0.519. The second-order valence-electron chi connectivity index (χ2n) is 4.64. The molecule has 0 bridgehead atoms. The fourth-order valence-corrected chi connectivity index (χ4v) is 2.82. The smallest absolute Gasteiger partial charge is 0.0318 e. The molecule has 16 heavy (non-hydrogen) atoms. The summed E-state index contributed by atoms with van der Waals surface area (Å²) in [5, 5.41) is 3.72. The quantitative estimate of drug-likeness (QED) is 0.808. The molecule has 0 aromatic heterocycles. The highest BCUT2D eigenvalue weighted by Crippen LogP contribution is 2.46. The zero-order valence-corrected chi connectivity index (χ0v) is 11.0. The van der Waals surface area contributed by atoms with Crippen LogP contribution in [0.25, 0.3) is 0 Å². The first-order valence-electron chi connectivity index (χ1n) is 6.13. The molecule has 1 N–H and O–H groups in total. The van der Waals surface area contributed by atoms with Crippen molar-refractivity contribution in [3.63, 3.8) is 0 Å². The van der Waals surface area contributed by atoms with Crippen molar-refractivity contribution in [3.8, 4) is 0 Å². The second kappa shape index (κ2) is 5.24. The lowest BCUT2D eigenvalue weighted by atomic mass is 10.0. The number of nitrogens with one attached hydrogen (secondary N) is 1. The molecule has 0 spiro atoms. The lowest BCUT2D eigenvalue weighted by molar-refractivity contribution is 0.513. The maximum atomic E-state index is 3.72. The van der Waals surface area contributed by atoms with Gasteiger partial charge in [-0.15, -0.1) is 0 Å². The Hall–Kier alpha value is -0.470. The zero-order valence-electron chi connectivity index (χ0n) is 10.2. The Morgan fingerprint density at radius 1 is 1.31 bits per heavy atom. The number of hydrogen-bond acceptors (Lipinski definition) is 2. The van der Waals surface area contributed by atoms with E-state index in [0.29, 0.717) is 10.8 Å². The summed E-state index contributed by atoms with van der Waals surface area (Å²) >= 11 is 2.02. The van der Waals surface area contributed by atoms with Gasteiger partial charge in [0.1, 0.15) is 0 Å². The predicted octanol–water partition coefficient (Wildman–Crippen LogP) is 3.62. The fourth-order valence-electron chi connectivity index (χ4n) is 2.08. The van der Waals surface area contributed by atoms with Gasteiger partial charge in [0.05, 0.1) is 0 Å². The Morgan fingerprint density at radius 2 is 2.00 bits per heavy atom. The van der Waals surface area contributed by atoms with Crippen LogP contribution in [-0.2, 0) is 0 Å². The summed E-state index contributed by atoms with van der Waals surface area (Å²) in [7, 11) is 0. The van der Waals surface area contributed by atoms with Crippen molar-refractivity contribution in [1.82, 2.24) is 5.32 Å². The minimum Gasteiger partial charge on any atom is -0.309 e. The maximum absolute atomic E-state index is 3.72. The van der Waals surface area contributed by atoms with Gasteiger partial charge >= 0.3 is 0 Å². The average Bonchev–Trinajstić information content (AvgIpc) is 3.12. The van der Waals surface area contributed by atoms with E-state index in [1.807, 2.05) is 11.8 Å². The molecule has 2 heteroatoms. The zero-order chi connectivity index (χ0) is 11.4. The minimum absolute atomic E-state index is 0.519. The van der Waals surface area contributed by atoms with Crippen molar-refractivity contribution in [3.05, 3.63) is 35.9 Å². The second-order valence-corrected chi connectivity index (χ2v) is 5.91. The van der Waals surface area contributed by atoms with Crippen molar-refractivity contribution in [2.75, 3.05) is 12.8 Å². The molecular weight excluding hydrogens is 214 g/mol. The Morgan fingerprint density at radius 3 is 2.50 bits per heavy atom. The van der Waals surface area contributed by atoms with Gasteiger partial charge < -0.3 is 5.32 Å². The fraction of sp³-hybridized carbons (Fsp3) is 0.571. The summed E-state index contributed by atoms with van der Waals surface area (Å²) in [5.74, 6) is 0. The van der Waals surface area contributed by atoms with Crippen LogP contribution in [0.15, 0.2) is 30.3 Å². The van der Waals surface area contributed by atoms with E-state index in [4.69, 9.17) is 0 Å². The molecule has 1 atom stereocenters. The van der Waals surface area contributed by atoms with E-state index in [1.54, 1.807) is 0 Å². The molecule has 1 aromatic carbocycles. The third kappa shape index (κ3) is 2.80. The van der Waals surface area contributed by atoms with Gasteiger partial charge in [0, 0.05) is 17.3 Å². The van der Waals surface area contributed by atoms with Crippen LogP contribution in [0, 0.1) is 0 Å². The highest BCUT2D eigenvalue weighted by molar-refractivity contribution is 8.00. The van der Waals surface area contributed by atoms with E-state index in [9.17, 15) is 0 Å². The van der Waals surface area contributed by atoms with Crippen LogP contribution in [0.5, 0.6) is 0 Å². The van der Waals surface area contributed by atoms with E-state index >= 15 is 0 Å². The van der Waals surface area contributed by atoms with Crippen molar-refractivity contribution < 1.29 is 0 Å². The summed E-state index contributed by atoms with van der Waals surface area (Å²) in [6.07, 6.45) is 6.16. The SMILES string of the molecule is CCC(NCC1(SC)CC1)c1ccccc1. The predicted molar refractivity (Wildman–Crippen MR) is 73.0 cm³/mol. The molecule has 1 saturated carbocycles. The third-order valence-corrected chi connectivity index (χ3v) is 4.94. The topological polar surface area (TPSA) is 12.0 Å². The van der Waals surface area contributed by atoms with E-state index in [2.05, 4.69) is 48.8 Å². The molecule has 1 fully saturated rings. The van der Waals surface area contributed by atoms with Crippen LogP contribution in [0.4, 0.5) is 0 Å². The van der Waals surface area contributed by atoms with Gasteiger partial charge in [0.2, 0.25) is 0 Å². The molecular formula is C14H21NS. The molecule has 1 nitrogen and oxygen atoms in total. The van der Waals surface area contributed by atoms with Gasteiger partial charge in [-0.25, -0.2) is 0 Å². The number of benzene rings is 1. The molecule has 0 saturated heterocycles. The Bertz CT molecular complexity index is 319. The molecule has 1 aliphatic carbocycles. The Kier molecular flexibility index (Phi) is 3.93. The molecule has 0 radical (unpaired) electrons. The van der Waals surface area contributed by atoms with Gasteiger partial charge in [0.15, 0.2) is 0 Å². The van der Waals surface area contributed by atoms with Crippen LogP contribution in [-0.4, -0.2) is 17.5 Å². The van der Waals surface area contributed by atoms with Gasteiger partial charge in [0.25, 0.3) is 0 Å². The normalized spacial score (nSPS) is 19.4. The van der Waals surface area contributed by atoms with Gasteiger partial charge in [-0.3, -0.25) is 0 Å². The van der Waals surface area contributed by atoms with Crippen molar-refractivity contribution in [2.45, 2.75) is 37.0 Å². The first kappa shape index (κ1) is 12.0. The van der Waals surface area contributed by atoms with E-state index in [0.717, 1.165) is 13.0 Å². The van der Waals surface area contributed by atoms with Gasteiger partial charge in [-0.05, 0) is 31.1 Å². The van der Waals surface area contributed by atoms with Crippen LogP contribution in [0.1, 0.15) is 37.8 Å². The van der Waals surface area contributed by atoms with Gasteiger partial charge in [-0.2, -0.15) is 11.8 Å². The summed E-state index contributed by atoms with van der Waals surface area (Å²) in [5.41, 5.74) is 1.42. The highest BCUT2D eigenvalue weighted by Gasteiger charge is 2.41. The molecule has 1 aromatic rings. The maximum Gasteiger partial charge on any atom is 0.0318 e. The highest BCUT2D eigenvalue weighted by atomic mass is 32.2. The molecule has 2 rings (SSSR count). The third-order valence-electron chi connectivity index (χ3n) is 3.52. The van der Waals surface area contributed by atoms with Gasteiger partial charge in [-0.1, -0.05) is 37.3 Å². The van der Waals surface area contributed by atoms with Crippen LogP contribution >= 0.6 is 11.8 Å². The summed E-state index contributed by atoms with van der Waals surface area (Å²) in [6, 6.07) is 11.3. The van der Waals surface area contributed by atoms with E-state index < -0.39 is 0 Å². The van der Waals surface area contributed by atoms with Crippen LogP contribution in [0.3, 0.4) is 0 Å². The first-order chi connectivity index (χ1) is 7.79. The van der Waals surface area contributed by atoms with Crippen LogP contribution in [0.2, 0.25) is 0 Å². The molecule has 1 aliphatic rings. The molecule has 1 unspecified atom stereocenters. The molecule has 0 aliphatic heterocycles. The first-order valence-corrected chi connectivity index (χ1v) is 7.35. The van der Waals surface area contributed by atoms with E-state index in [1.165, 1.54) is 18.4 Å². The molecule has 0 heterocycles. The van der Waals surface area contributed by atoms with Crippen molar-refractivity contribution in [2.24, 2.45) is 0 Å². The lowest BCUT2D eigenvalue weighted by Crippen LogP contribution is -2.29. The van der Waals surface area contributed by atoms with Crippen molar-refractivity contribution >= 4 is 11.8 Å². The Labute approximate surface area is 103 Å². The molecule has 88 valence electrons. The number of hydrogen-bond donors (Lipinski definition) is 1. The number of rotatable bonds is 6.